The number of rotatable bonds is 22. The molecule has 0 saturated carbocycles. The first kappa shape index (κ1) is 44.6. The maximum atomic E-state index is 12.7. The monoisotopic (exact) mass is 812 g/mol. The molecule has 0 aromatic heterocycles. The number of hydrazone groups is 2. The topological polar surface area (TPSA) is 191 Å². The molecule has 312 valence electrons. The van der Waals surface area contributed by atoms with Gasteiger partial charge in [-0.2, -0.15) is 10.2 Å². The van der Waals surface area contributed by atoms with Gasteiger partial charge >= 0.3 is 11.9 Å². The fourth-order valence-electron chi connectivity index (χ4n) is 5.51. The van der Waals surface area contributed by atoms with Crippen molar-refractivity contribution >= 4 is 36.2 Å². The van der Waals surface area contributed by atoms with Crippen molar-refractivity contribution in [1.29, 1.82) is 0 Å². The van der Waals surface area contributed by atoms with Gasteiger partial charge in [-0.3, -0.25) is 9.59 Å². The molecule has 16 heteroatoms. The number of benzene rings is 4. The van der Waals surface area contributed by atoms with Gasteiger partial charge in [0.25, 0.3) is 0 Å². The van der Waals surface area contributed by atoms with E-state index in [0.717, 1.165) is 19.3 Å². The Kier molecular flexibility index (Phi) is 17.5. The molecule has 0 heterocycles. The molecule has 0 fully saturated rings. The van der Waals surface area contributed by atoms with Crippen LogP contribution in [0.4, 0.5) is 0 Å². The van der Waals surface area contributed by atoms with Gasteiger partial charge in [0.05, 0.1) is 66.2 Å². The van der Waals surface area contributed by atoms with E-state index >= 15 is 0 Å². The molecule has 0 aliphatic rings. The molecule has 2 amide bonds. The summed E-state index contributed by atoms with van der Waals surface area (Å²) in [4.78, 5) is 50.1. The highest BCUT2D eigenvalue weighted by Gasteiger charge is 2.17. The number of unbranched alkanes of at least 4 members (excludes halogenated alkanes) is 4. The number of amides is 2. The number of nitrogens with one attached hydrogen (secondary N) is 2. The fourth-order valence-corrected chi connectivity index (χ4v) is 5.51. The van der Waals surface area contributed by atoms with Crippen molar-refractivity contribution in [3.63, 3.8) is 0 Å². The van der Waals surface area contributed by atoms with E-state index < -0.39 is 11.9 Å². The number of hydrogen-bond donors (Lipinski definition) is 2. The Morgan fingerprint density at radius 2 is 0.780 bits per heavy atom. The number of nitrogens with zero attached hydrogens (tertiary/aromatic N) is 2. The van der Waals surface area contributed by atoms with Crippen LogP contribution in [0.1, 0.15) is 76.8 Å². The number of methoxy groups -OCH3 is 6. The number of hydrogen-bond acceptors (Lipinski definition) is 14. The van der Waals surface area contributed by atoms with Crippen LogP contribution in [0.25, 0.3) is 0 Å². The van der Waals surface area contributed by atoms with Crippen molar-refractivity contribution in [1.82, 2.24) is 10.9 Å². The van der Waals surface area contributed by atoms with Crippen LogP contribution in [-0.2, 0) is 9.59 Å². The predicted octanol–water partition coefficient (Wildman–Crippen LogP) is 6.51. The molecule has 4 aromatic rings. The van der Waals surface area contributed by atoms with Crippen LogP contribution >= 0.6 is 0 Å². The Hall–Kier alpha value is -7.10. The lowest BCUT2D eigenvalue weighted by Crippen LogP contribution is -2.17. The maximum Gasteiger partial charge on any atom is 0.343 e. The molecular formula is C43H48N4O12. The number of ether oxygens (including phenoxy) is 8. The summed E-state index contributed by atoms with van der Waals surface area (Å²) >= 11 is 0. The lowest BCUT2D eigenvalue weighted by molar-refractivity contribution is -0.121. The van der Waals surface area contributed by atoms with Gasteiger partial charge in [0.1, 0.15) is 0 Å². The second-order valence-corrected chi connectivity index (χ2v) is 12.6. The molecule has 59 heavy (non-hydrogen) atoms. The van der Waals surface area contributed by atoms with E-state index in [1.807, 2.05) is 0 Å². The fraction of sp³-hybridized carbons (Fsp3) is 0.302. The van der Waals surface area contributed by atoms with E-state index in [4.69, 9.17) is 37.9 Å². The van der Waals surface area contributed by atoms with Crippen molar-refractivity contribution in [2.24, 2.45) is 10.2 Å². The highest BCUT2D eigenvalue weighted by molar-refractivity contribution is 5.93. The summed E-state index contributed by atoms with van der Waals surface area (Å²) < 4.78 is 42.8. The zero-order valence-corrected chi connectivity index (χ0v) is 33.8. The number of esters is 2. The van der Waals surface area contributed by atoms with E-state index in [2.05, 4.69) is 21.1 Å². The zero-order valence-electron chi connectivity index (χ0n) is 33.8. The van der Waals surface area contributed by atoms with Gasteiger partial charge in [0.2, 0.25) is 11.8 Å². The van der Waals surface area contributed by atoms with Gasteiger partial charge < -0.3 is 37.9 Å². The minimum absolute atomic E-state index is 0.207. The van der Waals surface area contributed by atoms with E-state index in [0.29, 0.717) is 71.3 Å². The molecular weight excluding hydrogens is 764 g/mol. The third kappa shape index (κ3) is 13.5. The van der Waals surface area contributed by atoms with Crippen LogP contribution in [0, 0.1) is 0 Å². The number of carbonyl (C=O) groups excluding carboxylic acids is 4. The second kappa shape index (κ2) is 23.2. The lowest BCUT2D eigenvalue weighted by atomic mass is 10.1. The highest BCUT2D eigenvalue weighted by atomic mass is 16.6. The SMILES string of the molecule is COc1ccc(C(=O)Oc2ccc(C=NNC(=O)CCCCCCCC(=O)NN=Cc3ccc(OC(=O)c4ccc(OC)c(OC)c4)c(OC)c3)cc2OC)cc1OC. The summed E-state index contributed by atoms with van der Waals surface area (Å²) in [7, 11) is 8.85. The van der Waals surface area contributed by atoms with Crippen LogP contribution in [0.5, 0.6) is 46.0 Å². The van der Waals surface area contributed by atoms with Crippen LogP contribution in [0.15, 0.2) is 83.0 Å². The van der Waals surface area contributed by atoms with Crippen LogP contribution in [-0.4, -0.2) is 78.8 Å². The normalized spacial score (nSPS) is 10.8. The Bertz CT molecular complexity index is 1990. The first-order chi connectivity index (χ1) is 28.6. The second-order valence-electron chi connectivity index (χ2n) is 12.6. The van der Waals surface area contributed by atoms with Crippen molar-refractivity contribution in [2.45, 2.75) is 44.9 Å². The molecule has 16 nitrogen and oxygen atoms in total. The Labute approximate surface area is 342 Å². The summed E-state index contributed by atoms with van der Waals surface area (Å²) in [5.74, 6) is 1.11. The number of carbonyl (C=O) groups is 4. The van der Waals surface area contributed by atoms with E-state index in [9.17, 15) is 19.2 Å². The molecule has 0 aliphatic carbocycles. The molecule has 0 spiro atoms. The standard InChI is InChI=1S/C43H48N4O12/c1-52-32-20-16-30(24-38(32)56-5)42(50)58-34-18-14-28(22-36(34)54-3)26-44-46-40(48)12-10-8-7-9-11-13-41(49)47-45-27-29-15-19-35(37(23-29)55-4)59-43(51)31-17-21-33(53-2)39(25-31)57-6/h14-27H,7-13H2,1-6H3,(H,46,48)(H,47,49). The lowest BCUT2D eigenvalue weighted by Gasteiger charge is -2.11. The van der Waals surface area contributed by atoms with Gasteiger partial charge in [-0.15, -0.1) is 0 Å². The van der Waals surface area contributed by atoms with E-state index in [1.165, 1.54) is 67.2 Å². The third-order valence-corrected chi connectivity index (χ3v) is 8.63. The first-order valence-electron chi connectivity index (χ1n) is 18.5. The Morgan fingerprint density at radius 1 is 0.441 bits per heavy atom. The summed E-state index contributed by atoms with van der Waals surface area (Å²) in [6.07, 6.45) is 7.36. The predicted molar refractivity (Wildman–Crippen MR) is 219 cm³/mol. The Morgan fingerprint density at radius 3 is 1.15 bits per heavy atom. The molecule has 4 aromatic carbocycles. The van der Waals surface area contributed by atoms with Gasteiger partial charge in [-0.25, -0.2) is 20.4 Å². The van der Waals surface area contributed by atoms with Crippen LogP contribution < -0.4 is 48.7 Å². The van der Waals surface area contributed by atoms with Gasteiger partial charge in [-0.05, 0) is 96.8 Å². The molecule has 0 atom stereocenters. The van der Waals surface area contributed by atoms with Gasteiger partial charge in [-0.1, -0.05) is 19.3 Å². The van der Waals surface area contributed by atoms with Crippen LogP contribution in [0.2, 0.25) is 0 Å². The molecule has 0 aliphatic heterocycles. The summed E-state index contributed by atoms with van der Waals surface area (Å²) in [5, 5.41) is 8.05. The van der Waals surface area contributed by atoms with Crippen molar-refractivity contribution in [3.8, 4) is 46.0 Å². The largest absolute Gasteiger partial charge is 0.493 e. The Balaban J connectivity index is 1.10. The minimum Gasteiger partial charge on any atom is -0.493 e. The molecule has 0 saturated heterocycles. The first-order valence-corrected chi connectivity index (χ1v) is 18.5. The third-order valence-electron chi connectivity index (χ3n) is 8.63. The highest BCUT2D eigenvalue weighted by Crippen LogP contribution is 2.32. The van der Waals surface area contributed by atoms with Crippen molar-refractivity contribution in [2.75, 3.05) is 42.7 Å². The molecule has 4 rings (SSSR count). The van der Waals surface area contributed by atoms with E-state index in [1.54, 1.807) is 60.7 Å². The van der Waals surface area contributed by atoms with Gasteiger partial charge in [0, 0.05) is 12.8 Å². The smallest absolute Gasteiger partial charge is 0.343 e. The minimum atomic E-state index is -0.607. The quantitative estimate of drug-likeness (QED) is 0.0288. The summed E-state index contributed by atoms with van der Waals surface area (Å²) in [6, 6.07) is 19.1. The zero-order chi connectivity index (χ0) is 42.6. The molecule has 2 N–H and O–H groups in total. The van der Waals surface area contributed by atoms with Crippen LogP contribution in [0.3, 0.4) is 0 Å². The molecule has 0 unspecified atom stereocenters. The van der Waals surface area contributed by atoms with Crippen molar-refractivity contribution in [3.05, 3.63) is 95.1 Å². The maximum absolute atomic E-state index is 12.7. The van der Waals surface area contributed by atoms with Crippen molar-refractivity contribution < 1.29 is 57.1 Å². The van der Waals surface area contributed by atoms with Gasteiger partial charge in [0.15, 0.2) is 46.0 Å². The average Bonchev–Trinajstić information content (AvgIpc) is 3.26. The van der Waals surface area contributed by atoms with E-state index in [-0.39, 0.29) is 34.4 Å². The summed E-state index contributed by atoms with van der Waals surface area (Å²) in [6.45, 7) is 0. The molecule has 0 radical (unpaired) electrons. The molecule has 0 bridgehead atoms. The average molecular weight is 813 g/mol. The summed E-state index contributed by atoms with van der Waals surface area (Å²) in [5.41, 5.74) is 6.80.